The van der Waals surface area contributed by atoms with Gasteiger partial charge >= 0.3 is 0 Å². The summed E-state index contributed by atoms with van der Waals surface area (Å²) in [6.45, 7) is 5.54. The Kier molecular flexibility index (Phi) is 4.22. The fourth-order valence-electron chi connectivity index (χ4n) is 2.14. The molecule has 0 aliphatic heterocycles. The number of nitrogens with zero attached hydrogens (tertiary/aromatic N) is 2. The maximum atomic E-state index is 5.63. The summed E-state index contributed by atoms with van der Waals surface area (Å²) in [7, 11) is 4.02. The van der Waals surface area contributed by atoms with Crippen molar-refractivity contribution in [3.8, 4) is 0 Å². The molecule has 0 atom stereocenters. The lowest BCUT2D eigenvalue weighted by atomic mass is 10.2. The van der Waals surface area contributed by atoms with Crippen LogP contribution in [0.15, 0.2) is 28.8 Å². The molecule has 0 amide bonds. The zero-order valence-electron chi connectivity index (χ0n) is 12.0. The molecular weight excluding hydrogens is 238 g/mol. The highest BCUT2D eigenvalue weighted by atomic mass is 16.3. The van der Waals surface area contributed by atoms with Crippen molar-refractivity contribution in [1.29, 1.82) is 0 Å². The Morgan fingerprint density at radius 3 is 2.74 bits per heavy atom. The fraction of sp³-hybridized carbons (Fsp3) is 0.400. The average Bonchev–Trinajstić information content (AvgIpc) is 2.77. The van der Waals surface area contributed by atoms with Gasteiger partial charge in [-0.2, -0.15) is 0 Å². The summed E-state index contributed by atoms with van der Waals surface area (Å²) >= 11 is 0. The SMILES string of the molecule is CNCc1cnc(C)cc1N(C)Cc1ccc(C)o1. The van der Waals surface area contributed by atoms with Crippen LogP contribution in [0.4, 0.5) is 5.69 Å². The molecular formula is C15H21N3O. The molecule has 0 aliphatic carbocycles. The molecule has 102 valence electrons. The van der Waals surface area contributed by atoms with Gasteiger partial charge in [-0.3, -0.25) is 4.98 Å². The van der Waals surface area contributed by atoms with Crippen LogP contribution < -0.4 is 10.2 Å². The van der Waals surface area contributed by atoms with Gasteiger partial charge in [0.25, 0.3) is 0 Å². The molecule has 2 aromatic heterocycles. The van der Waals surface area contributed by atoms with Crippen LogP contribution in [0.1, 0.15) is 22.8 Å². The molecule has 0 bridgehead atoms. The number of pyridine rings is 1. The van der Waals surface area contributed by atoms with Gasteiger partial charge in [0.15, 0.2) is 0 Å². The van der Waals surface area contributed by atoms with E-state index in [0.717, 1.165) is 30.3 Å². The highest BCUT2D eigenvalue weighted by molar-refractivity contribution is 5.53. The lowest BCUT2D eigenvalue weighted by molar-refractivity contribution is 0.481. The molecule has 19 heavy (non-hydrogen) atoms. The van der Waals surface area contributed by atoms with Crippen LogP contribution in [-0.4, -0.2) is 19.1 Å². The van der Waals surface area contributed by atoms with E-state index in [2.05, 4.69) is 28.3 Å². The summed E-state index contributed by atoms with van der Waals surface area (Å²) in [6, 6.07) is 6.13. The van der Waals surface area contributed by atoms with Crippen molar-refractivity contribution in [2.45, 2.75) is 26.9 Å². The van der Waals surface area contributed by atoms with E-state index < -0.39 is 0 Å². The minimum Gasteiger partial charge on any atom is -0.464 e. The van der Waals surface area contributed by atoms with E-state index in [9.17, 15) is 0 Å². The Labute approximate surface area is 114 Å². The normalized spacial score (nSPS) is 10.7. The van der Waals surface area contributed by atoms with Crippen LogP contribution >= 0.6 is 0 Å². The lowest BCUT2D eigenvalue weighted by Gasteiger charge is -2.21. The number of aryl methyl sites for hydroxylation is 2. The topological polar surface area (TPSA) is 41.3 Å². The molecule has 2 rings (SSSR count). The number of furan rings is 1. The van der Waals surface area contributed by atoms with Gasteiger partial charge in [-0.15, -0.1) is 0 Å². The third kappa shape index (κ3) is 3.35. The molecule has 2 aromatic rings. The molecule has 4 heteroatoms. The van der Waals surface area contributed by atoms with E-state index in [1.807, 2.05) is 39.2 Å². The van der Waals surface area contributed by atoms with E-state index in [0.29, 0.717) is 0 Å². The first-order valence-electron chi connectivity index (χ1n) is 6.46. The molecule has 0 spiro atoms. The monoisotopic (exact) mass is 259 g/mol. The van der Waals surface area contributed by atoms with Gasteiger partial charge in [0.1, 0.15) is 11.5 Å². The lowest BCUT2D eigenvalue weighted by Crippen LogP contribution is -2.20. The standard InChI is InChI=1S/C15H21N3O/c1-11-7-15(13(8-16-3)9-17-11)18(4)10-14-6-5-12(2)19-14/h5-7,9,16H,8,10H2,1-4H3. The zero-order valence-corrected chi connectivity index (χ0v) is 12.0. The number of rotatable bonds is 5. The van der Waals surface area contributed by atoms with Gasteiger partial charge in [-0.05, 0) is 39.1 Å². The summed E-state index contributed by atoms with van der Waals surface area (Å²) in [6.07, 6.45) is 1.94. The highest BCUT2D eigenvalue weighted by Gasteiger charge is 2.10. The third-order valence-corrected chi connectivity index (χ3v) is 3.07. The molecule has 4 nitrogen and oxygen atoms in total. The van der Waals surface area contributed by atoms with Crippen LogP contribution in [0.25, 0.3) is 0 Å². The summed E-state index contributed by atoms with van der Waals surface area (Å²) in [5.41, 5.74) is 3.41. The zero-order chi connectivity index (χ0) is 13.8. The van der Waals surface area contributed by atoms with Gasteiger partial charge in [-0.1, -0.05) is 0 Å². The molecule has 0 unspecified atom stereocenters. The first-order chi connectivity index (χ1) is 9.10. The number of hydrogen-bond acceptors (Lipinski definition) is 4. The third-order valence-electron chi connectivity index (χ3n) is 3.07. The molecule has 1 N–H and O–H groups in total. The van der Waals surface area contributed by atoms with E-state index in [1.165, 1.54) is 11.3 Å². The van der Waals surface area contributed by atoms with Crippen molar-refractivity contribution in [1.82, 2.24) is 10.3 Å². The Bertz CT molecular complexity index is 548. The maximum absolute atomic E-state index is 5.63. The van der Waals surface area contributed by atoms with Crippen molar-refractivity contribution >= 4 is 5.69 Å². The molecule has 0 saturated heterocycles. The van der Waals surface area contributed by atoms with E-state index in [-0.39, 0.29) is 0 Å². The van der Waals surface area contributed by atoms with Gasteiger partial charge < -0.3 is 14.6 Å². The Hall–Kier alpha value is -1.81. The van der Waals surface area contributed by atoms with Crippen molar-refractivity contribution in [3.63, 3.8) is 0 Å². The van der Waals surface area contributed by atoms with Gasteiger partial charge in [0, 0.05) is 36.7 Å². The second-order valence-corrected chi connectivity index (χ2v) is 4.85. The van der Waals surface area contributed by atoms with Crippen molar-refractivity contribution in [3.05, 3.63) is 47.2 Å². The van der Waals surface area contributed by atoms with Gasteiger partial charge in [-0.25, -0.2) is 0 Å². The average molecular weight is 259 g/mol. The second kappa shape index (κ2) is 5.89. The summed E-state index contributed by atoms with van der Waals surface area (Å²) < 4.78 is 5.63. The molecule has 2 heterocycles. The minimum absolute atomic E-state index is 0.758. The predicted molar refractivity (Wildman–Crippen MR) is 77.3 cm³/mol. The van der Waals surface area contributed by atoms with E-state index >= 15 is 0 Å². The summed E-state index contributed by atoms with van der Waals surface area (Å²) in [4.78, 5) is 6.56. The van der Waals surface area contributed by atoms with Crippen LogP contribution in [0.5, 0.6) is 0 Å². The highest BCUT2D eigenvalue weighted by Crippen LogP contribution is 2.22. The fourth-order valence-corrected chi connectivity index (χ4v) is 2.14. The number of hydrogen-bond donors (Lipinski definition) is 1. The largest absolute Gasteiger partial charge is 0.464 e. The maximum Gasteiger partial charge on any atom is 0.123 e. The molecule has 0 saturated carbocycles. The Morgan fingerprint density at radius 1 is 1.32 bits per heavy atom. The molecule has 0 fully saturated rings. The predicted octanol–water partition coefficient (Wildman–Crippen LogP) is 2.65. The number of nitrogens with one attached hydrogen (secondary N) is 1. The number of aromatic nitrogens is 1. The summed E-state index contributed by atoms with van der Waals surface area (Å²) in [5, 5.41) is 3.18. The second-order valence-electron chi connectivity index (χ2n) is 4.85. The van der Waals surface area contributed by atoms with Crippen LogP contribution in [0, 0.1) is 13.8 Å². The van der Waals surface area contributed by atoms with Crippen molar-refractivity contribution in [2.24, 2.45) is 0 Å². The minimum atomic E-state index is 0.758. The van der Waals surface area contributed by atoms with Crippen LogP contribution in [-0.2, 0) is 13.1 Å². The smallest absolute Gasteiger partial charge is 0.123 e. The Balaban J connectivity index is 2.21. The molecule has 0 aromatic carbocycles. The van der Waals surface area contributed by atoms with Gasteiger partial charge in [0.2, 0.25) is 0 Å². The molecule has 0 radical (unpaired) electrons. The van der Waals surface area contributed by atoms with Crippen molar-refractivity contribution < 1.29 is 4.42 Å². The van der Waals surface area contributed by atoms with Crippen LogP contribution in [0.3, 0.4) is 0 Å². The molecule has 0 aliphatic rings. The van der Waals surface area contributed by atoms with Crippen molar-refractivity contribution in [2.75, 3.05) is 19.0 Å². The Morgan fingerprint density at radius 2 is 2.11 bits per heavy atom. The van der Waals surface area contributed by atoms with E-state index in [1.54, 1.807) is 0 Å². The van der Waals surface area contributed by atoms with E-state index in [4.69, 9.17) is 4.42 Å². The van der Waals surface area contributed by atoms with Gasteiger partial charge in [0.05, 0.1) is 6.54 Å². The van der Waals surface area contributed by atoms with Crippen LogP contribution in [0.2, 0.25) is 0 Å². The summed E-state index contributed by atoms with van der Waals surface area (Å²) in [5.74, 6) is 1.93. The number of anilines is 1. The quantitative estimate of drug-likeness (QED) is 0.896. The first kappa shape index (κ1) is 13.6. The first-order valence-corrected chi connectivity index (χ1v) is 6.46.